The molecule has 1 aromatic heterocycles. The van der Waals surface area contributed by atoms with Crippen molar-refractivity contribution in [1.82, 2.24) is 25.4 Å². The molecule has 8 heteroatoms. The van der Waals surface area contributed by atoms with Crippen LogP contribution in [0.1, 0.15) is 16.7 Å². The Labute approximate surface area is 181 Å². The van der Waals surface area contributed by atoms with E-state index in [2.05, 4.69) is 43.9 Å². The van der Waals surface area contributed by atoms with Crippen molar-refractivity contribution in [3.05, 3.63) is 82.9 Å². The molecule has 27 heavy (non-hydrogen) atoms. The number of hydrogen-bond donors (Lipinski definition) is 2. The van der Waals surface area contributed by atoms with Crippen LogP contribution in [0.4, 0.5) is 0 Å². The van der Waals surface area contributed by atoms with Crippen LogP contribution < -0.4 is 10.6 Å². The van der Waals surface area contributed by atoms with Crippen LogP contribution >= 0.6 is 35.6 Å². The van der Waals surface area contributed by atoms with Gasteiger partial charge in [0.1, 0.15) is 12.7 Å². The highest BCUT2D eigenvalue weighted by Gasteiger charge is 2.03. The summed E-state index contributed by atoms with van der Waals surface area (Å²) in [7, 11) is 1.75. The first-order chi connectivity index (χ1) is 12.7. The van der Waals surface area contributed by atoms with E-state index in [1.165, 1.54) is 11.1 Å². The summed E-state index contributed by atoms with van der Waals surface area (Å²) in [5.74, 6) is 0.728. The van der Waals surface area contributed by atoms with E-state index in [9.17, 15) is 0 Å². The molecule has 0 unspecified atom stereocenters. The Bertz CT molecular complexity index is 866. The predicted octanol–water partition coefficient (Wildman–Crippen LogP) is 3.46. The van der Waals surface area contributed by atoms with Crippen LogP contribution in [0.5, 0.6) is 0 Å². The molecule has 0 bridgehead atoms. The third-order valence-corrected chi connectivity index (χ3v) is 4.26. The van der Waals surface area contributed by atoms with E-state index < -0.39 is 0 Å². The fraction of sp³-hybridized carbons (Fsp3) is 0.211. The zero-order valence-corrected chi connectivity index (χ0v) is 18.1. The Kier molecular flexibility index (Phi) is 8.53. The summed E-state index contributed by atoms with van der Waals surface area (Å²) in [5, 5.41) is 11.5. The van der Waals surface area contributed by atoms with Gasteiger partial charge in [0, 0.05) is 25.2 Å². The lowest BCUT2D eigenvalue weighted by Gasteiger charge is -2.13. The van der Waals surface area contributed by atoms with Crippen molar-refractivity contribution in [2.45, 2.75) is 19.6 Å². The second-order valence-electron chi connectivity index (χ2n) is 5.78. The van der Waals surface area contributed by atoms with Gasteiger partial charge in [0.15, 0.2) is 5.96 Å². The number of nitrogens with zero attached hydrogens (tertiary/aromatic N) is 4. The molecule has 0 atom stereocenters. The van der Waals surface area contributed by atoms with Crippen LogP contribution in [0.25, 0.3) is 0 Å². The molecule has 0 spiro atoms. The van der Waals surface area contributed by atoms with Gasteiger partial charge in [-0.05, 0) is 22.8 Å². The Morgan fingerprint density at radius 3 is 2.59 bits per heavy atom. The zero-order valence-electron chi connectivity index (χ0n) is 15.0. The molecule has 0 aliphatic rings. The molecule has 0 saturated heterocycles. The van der Waals surface area contributed by atoms with Gasteiger partial charge in [0.05, 0.1) is 6.54 Å². The summed E-state index contributed by atoms with van der Waals surface area (Å²) >= 11 is 6.19. The number of aliphatic imine (C=N–C) groups is 1. The maximum atomic E-state index is 6.19. The van der Waals surface area contributed by atoms with Crippen molar-refractivity contribution in [1.29, 1.82) is 0 Å². The first-order valence-electron chi connectivity index (χ1n) is 8.33. The average molecular weight is 497 g/mol. The van der Waals surface area contributed by atoms with Crippen LogP contribution in [0.3, 0.4) is 0 Å². The Balaban J connectivity index is 0.00000261. The zero-order chi connectivity index (χ0) is 18.2. The third-order valence-electron chi connectivity index (χ3n) is 3.89. The van der Waals surface area contributed by atoms with E-state index in [-0.39, 0.29) is 24.0 Å². The van der Waals surface area contributed by atoms with Crippen molar-refractivity contribution < 1.29 is 0 Å². The number of benzene rings is 2. The van der Waals surface area contributed by atoms with Gasteiger partial charge >= 0.3 is 0 Å². The molecule has 2 aromatic carbocycles. The van der Waals surface area contributed by atoms with E-state index in [4.69, 9.17) is 11.6 Å². The molecule has 1 heterocycles. The van der Waals surface area contributed by atoms with Crippen LogP contribution in [0.2, 0.25) is 5.02 Å². The van der Waals surface area contributed by atoms with Crippen molar-refractivity contribution in [3.63, 3.8) is 0 Å². The summed E-state index contributed by atoms with van der Waals surface area (Å²) in [6, 6.07) is 16.1. The molecule has 0 aliphatic heterocycles. The number of nitrogens with one attached hydrogen (secondary N) is 2. The van der Waals surface area contributed by atoms with Gasteiger partial charge in [-0.1, -0.05) is 54.1 Å². The summed E-state index contributed by atoms with van der Waals surface area (Å²) in [5.41, 5.74) is 3.38. The van der Waals surface area contributed by atoms with Gasteiger partial charge in [-0.2, -0.15) is 5.10 Å². The molecule has 142 valence electrons. The number of hydrogen-bond acceptors (Lipinski definition) is 3. The molecule has 0 aliphatic carbocycles. The normalized spacial score (nSPS) is 11.0. The summed E-state index contributed by atoms with van der Waals surface area (Å²) in [6.45, 7) is 1.99. The van der Waals surface area contributed by atoms with Gasteiger partial charge in [0.25, 0.3) is 0 Å². The molecule has 0 fully saturated rings. The van der Waals surface area contributed by atoms with Crippen LogP contribution in [-0.2, 0) is 19.6 Å². The largest absolute Gasteiger partial charge is 0.352 e. The third kappa shape index (κ3) is 6.51. The molecule has 0 amide bonds. The lowest BCUT2D eigenvalue weighted by atomic mass is 10.1. The molecule has 3 aromatic rings. The van der Waals surface area contributed by atoms with Crippen molar-refractivity contribution in [3.8, 4) is 0 Å². The molecule has 0 saturated carbocycles. The standard InChI is InChI=1S/C19H21ClN6.HI/c1-21-19(24-11-17-7-2-3-8-18(17)20)23-10-15-5-4-6-16(9-15)12-26-14-22-13-25-26;/h2-9,13-14H,10-12H2,1H3,(H2,21,23,24);1H. The van der Waals surface area contributed by atoms with E-state index in [0.29, 0.717) is 19.6 Å². The number of aromatic nitrogens is 3. The van der Waals surface area contributed by atoms with Crippen molar-refractivity contribution >= 4 is 41.5 Å². The SMILES string of the molecule is CN=C(NCc1cccc(Cn2cncn2)c1)NCc1ccccc1Cl.I. The maximum absolute atomic E-state index is 6.19. The Morgan fingerprint density at radius 2 is 1.85 bits per heavy atom. The maximum Gasteiger partial charge on any atom is 0.191 e. The predicted molar refractivity (Wildman–Crippen MR) is 119 cm³/mol. The van der Waals surface area contributed by atoms with Gasteiger partial charge < -0.3 is 10.6 Å². The summed E-state index contributed by atoms with van der Waals surface area (Å²) in [4.78, 5) is 8.23. The highest BCUT2D eigenvalue weighted by Crippen LogP contribution is 2.14. The van der Waals surface area contributed by atoms with Crippen LogP contribution in [-0.4, -0.2) is 27.8 Å². The summed E-state index contributed by atoms with van der Waals surface area (Å²) in [6.07, 6.45) is 3.26. The van der Waals surface area contributed by atoms with Gasteiger partial charge in [-0.25, -0.2) is 9.67 Å². The quantitative estimate of drug-likeness (QED) is 0.312. The van der Waals surface area contributed by atoms with Gasteiger partial charge in [0.2, 0.25) is 0 Å². The lowest BCUT2D eigenvalue weighted by Crippen LogP contribution is -2.36. The molecule has 6 nitrogen and oxygen atoms in total. The monoisotopic (exact) mass is 496 g/mol. The molecule has 3 rings (SSSR count). The van der Waals surface area contributed by atoms with E-state index >= 15 is 0 Å². The fourth-order valence-electron chi connectivity index (χ4n) is 2.57. The fourth-order valence-corrected chi connectivity index (χ4v) is 2.77. The van der Waals surface area contributed by atoms with Crippen LogP contribution in [0, 0.1) is 0 Å². The Hall–Kier alpha value is -2.13. The van der Waals surface area contributed by atoms with Crippen molar-refractivity contribution in [2.24, 2.45) is 4.99 Å². The summed E-state index contributed by atoms with van der Waals surface area (Å²) < 4.78 is 1.80. The highest BCUT2D eigenvalue weighted by atomic mass is 127. The second kappa shape index (κ2) is 10.9. The number of rotatable bonds is 6. The topological polar surface area (TPSA) is 67.1 Å². The van der Waals surface area contributed by atoms with Crippen LogP contribution in [0.15, 0.2) is 66.2 Å². The molecule has 0 radical (unpaired) electrons. The molecular formula is C19H22ClIN6. The molecular weight excluding hydrogens is 475 g/mol. The first kappa shape index (κ1) is 21.2. The second-order valence-corrected chi connectivity index (χ2v) is 6.19. The van der Waals surface area contributed by atoms with Crippen molar-refractivity contribution in [2.75, 3.05) is 7.05 Å². The van der Waals surface area contributed by atoms with E-state index in [1.807, 2.05) is 30.3 Å². The minimum absolute atomic E-state index is 0. The Morgan fingerprint density at radius 1 is 1.07 bits per heavy atom. The molecule has 2 N–H and O–H groups in total. The minimum Gasteiger partial charge on any atom is -0.352 e. The number of halogens is 2. The first-order valence-corrected chi connectivity index (χ1v) is 8.70. The smallest absolute Gasteiger partial charge is 0.191 e. The average Bonchev–Trinajstić information content (AvgIpc) is 3.16. The van der Waals surface area contributed by atoms with E-state index in [0.717, 1.165) is 16.5 Å². The van der Waals surface area contributed by atoms with Gasteiger partial charge in [-0.3, -0.25) is 4.99 Å². The van der Waals surface area contributed by atoms with E-state index in [1.54, 1.807) is 24.4 Å². The lowest BCUT2D eigenvalue weighted by molar-refractivity contribution is 0.683. The highest BCUT2D eigenvalue weighted by molar-refractivity contribution is 14.0. The number of guanidine groups is 1. The minimum atomic E-state index is 0. The van der Waals surface area contributed by atoms with Gasteiger partial charge in [-0.15, -0.1) is 24.0 Å².